The van der Waals surface area contributed by atoms with E-state index in [1.807, 2.05) is 36.4 Å². The lowest BCUT2D eigenvalue weighted by atomic mass is 9.89. The van der Waals surface area contributed by atoms with Crippen LogP contribution in [0.3, 0.4) is 0 Å². The first-order chi connectivity index (χ1) is 17.6. The molecule has 3 aromatic rings. The van der Waals surface area contributed by atoms with E-state index in [0.29, 0.717) is 25.0 Å². The van der Waals surface area contributed by atoms with Crippen molar-refractivity contribution in [3.05, 3.63) is 58.6 Å². The molecule has 0 N–H and O–H groups in total. The number of aryl methyl sites for hydroxylation is 1. The summed E-state index contributed by atoms with van der Waals surface area (Å²) >= 11 is 0. The van der Waals surface area contributed by atoms with Crippen LogP contribution >= 0.6 is 0 Å². The third kappa shape index (κ3) is 6.11. The fraction of sp³-hybridized carbons (Fsp3) is 0.448. The number of hydrogen-bond acceptors (Lipinski definition) is 6. The number of piperidine rings is 1. The minimum atomic E-state index is -0.635. The summed E-state index contributed by atoms with van der Waals surface area (Å²) in [6.45, 7) is 5.91. The number of hydrogen-bond donors (Lipinski definition) is 0. The summed E-state index contributed by atoms with van der Waals surface area (Å²) in [7, 11) is 1.67. The van der Waals surface area contributed by atoms with Crippen LogP contribution in [0.4, 0.5) is 4.79 Å². The fourth-order valence-corrected chi connectivity index (χ4v) is 4.77. The van der Waals surface area contributed by atoms with Crippen LogP contribution in [0.5, 0.6) is 0 Å². The van der Waals surface area contributed by atoms with Gasteiger partial charge in [-0.2, -0.15) is 5.26 Å². The molecular formula is C29H33N3O5. The lowest BCUT2D eigenvalue weighted by molar-refractivity contribution is -0.126. The first-order valence-corrected chi connectivity index (χ1v) is 12.7. The second-order valence-corrected chi connectivity index (χ2v) is 10.7. The Balaban J connectivity index is 1.42. The summed E-state index contributed by atoms with van der Waals surface area (Å²) in [6.07, 6.45) is 2.36. The number of ketones is 1. The predicted molar refractivity (Wildman–Crippen MR) is 140 cm³/mol. The molecule has 0 radical (unpaired) electrons. The molecule has 1 saturated heterocycles. The Kier molecular flexibility index (Phi) is 7.53. The van der Waals surface area contributed by atoms with Crippen molar-refractivity contribution in [2.75, 3.05) is 6.54 Å². The topological polar surface area (TPSA) is 106 Å². The second kappa shape index (κ2) is 10.6. The Bertz CT molecular complexity index is 1390. The standard InChI is InChI=1S/C29H33N3O5/c1-29(2,3)37-28(35)32-14-6-5-7-23(32)25(33)16-20(18-30)15-19-8-10-21(11-9-19)22-12-13-26-24(17-22)31(4)27(34)36-26/h8-13,17,20,23H,5-7,14-16H2,1-4H3/t20-,23+/m1/s1. The van der Waals surface area contributed by atoms with E-state index in [-0.39, 0.29) is 12.2 Å². The molecular weight excluding hydrogens is 470 g/mol. The van der Waals surface area contributed by atoms with Gasteiger partial charge in [0, 0.05) is 20.0 Å². The summed E-state index contributed by atoms with van der Waals surface area (Å²) in [5, 5.41) is 9.78. The van der Waals surface area contributed by atoms with Crippen molar-refractivity contribution in [1.82, 2.24) is 9.47 Å². The number of carbonyl (C=O) groups is 2. The predicted octanol–water partition coefficient (Wildman–Crippen LogP) is 5.23. The Morgan fingerprint density at radius 2 is 1.84 bits per heavy atom. The lowest BCUT2D eigenvalue weighted by Gasteiger charge is -2.36. The first-order valence-electron chi connectivity index (χ1n) is 12.7. The summed E-state index contributed by atoms with van der Waals surface area (Å²) in [5.74, 6) is -0.979. The van der Waals surface area contributed by atoms with Gasteiger partial charge in [0.1, 0.15) is 5.60 Å². The molecule has 2 aromatic carbocycles. The molecule has 8 heteroatoms. The maximum atomic E-state index is 13.2. The first kappa shape index (κ1) is 26.2. The average molecular weight is 504 g/mol. The number of fused-ring (bicyclic) bond motifs is 1. The van der Waals surface area contributed by atoms with Gasteiger partial charge in [0.05, 0.1) is 23.5 Å². The van der Waals surface area contributed by atoms with Crippen LogP contribution in [0.15, 0.2) is 51.7 Å². The molecule has 2 atom stereocenters. The third-order valence-corrected chi connectivity index (χ3v) is 6.69. The maximum Gasteiger partial charge on any atom is 0.419 e. The number of nitriles is 1. The molecule has 1 aliphatic rings. The molecule has 1 aromatic heterocycles. The molecule has 8 nitrogen and oxygen atoms in total. The number of nitrogens with zero attached hydrogens (tertiary/aromatic N) is 3. The zero-order valence-electron chi connectivity index (χ0n) is 21.8. The molecule has 0 unspecified atom stereocenters. The van der Waals surface area contributed by atoms with E-state index < -0.39 is 29.4 Å². The highest BCUT2D eigenvalue weighted by molar-refractivity contribution is 5.88. The lowest BCUT2D eigenvalue weighted by Crippen LogP contribution is -2.50. The molecule has 0 bridgehead atoms. The summed E-state index contributed by atoms with van der Waals surface area (Å²) < 4.78 is 12.2. The summed E-state index contributed by atoms with van der Waals surface area (Å²) in [5.41, 5.74) is 3.49. The molecule has 2 heterocycles. The van der Waals surface area contributed by atoms with Crippen molar-refractivity contribution < 1.29 is 18.7 Å². The smallest absolute Gasteiger partial charge is 0.419 e. The fourth-order valence-electron chi connectivity index (χ4n) is 4.77. The third-order valence-electron chi connectivity index (χ3n) is 6.69. The molecule has 1 aliphatic heterocycles. The molecule has 37 heavy (non-hydrogen) atoms. The second-order valence-electron chi connectivity index (χ2n) is 10.7. The van der Waals surface area contributed by atoms with Crippen LogP contribution in [0.1, 0.15) is 52.0 Å². The number of rotatable bonds is 6. The molecule has 1 amide bonds. The number of likely N-dealkylation sites (tertiary alicyclic amines) is 1. The highest BCUT2D eigenvalue weighted by Gasteiger charge is 2.35. The number of aromatic nitrogens is 1. The van der Waals surface area contributed by atoms with Gasteiger partial charge in [0.2, 0.25) is 0 Å². The molecule has 1 fully saturated rings. The van der Waals surface area contributed by atoms with Crippen molar-refractivity contribution in [3.8, 4) is 17.2 Å². The van der Waals surface area contributed by atoms with Gasteiger partial charge >= 0.3 is 11.8 Å². The normalized spacial score (nSPS) is 16.8. The van der Waals surface area contributed by atoms with E-state index in [9.17, 15) is 19.6 Å². The van der Waals surface area contributed by atoms with Gasteiger partial charge in [-0.1, -0.05) is 30.3 Å². The minimum absolute atomic E-state index is 0.0900. The van der Waals surface area contributed by atoms with Crippen molar-refractivity contribution >= 4 is 23.0 Å². The molecule has 0 aliphatic carbocycles. The maximum absolute atomic E-state index is 13.2. The quantitative estimate of drug-likeness (QED) is 0.456. The zero-order chi connectivity index (χ0) is 26.7. The highest BCUT2D eigenvalue weighted by Crippen LogP contribution is 2.27. The summed E-state index contributed by atoms with van der Waals surface area (Å²) in [6, 6.07) is 15.2. The SMILES string of the molecule is Cn1c(=O)oc2ccc(-c3ccc(C[C@@H](C#N)CC(=O)[C@@H]4CCCCN4C(=O)OC(C)(C)C)cc3)cc21. The van der Waals surface area contributed by atoms with Crippen LogP contribution in [-0.2, 0) is 23.0 Å². The van der Waals surface area contributed by atoms with E-state index >= 15 is 0 Å². The number of benzene rings is 2. The van der Waals surface area contributed by atoms with Gasteiger partial charge in [0.25, 0.3) is 0 Å². The number of oxazole rings is 1. The number of carbonyl (C=O) groups excluding carboxylic acids is 2. The van der Waals surface area contributed by atoms with Crippen molar-refractivity contribution in [2.24, 2.45) is 13.0 Å². The van der Waals surface area contributed by atoms with Crippen LogP contribution < -0.4 is 5.76 Å². The van der Waals surface area contributed by atoms with E-state index in [1.54, 1.807) is 33.9 Å². The number of ether oxygens (including phenoxy) is 1. The van der Waals surface area contributed by atoms with E-state index in [2.05, 4.69) is 6.07 Å². The molecule has 4 rings (SSSR count). The Morgan fingerprint density at radius 3 is 2.51 bits per heavy atom. The number of amides is 1. The largest absolute Gasteiger partial charge is 0.444 e. The van der Waals surface area contributed by atoms with Gasteiger partial charge in [-0.15, -0.1) is 0 Å². The average Bonchev–Trinajstić information content (AvgIpc) is 3.15. The van der Waals surface area contributed by atoms with Crippen LogP contribution in [0.25, 0.3) is 22.2 Å². The Labute approximate surface area is 216 Å². The van der Waals surface area contributed by atoms with Gasteiger partial charge < -0.3 is 9.15 Å². The van der Waals surface area contributed by atoms with Gasteiger partial charge in [-0.25, -0.2) is 9.59 Å². The monoisotopic (exact) mass is 503 g/mol. The van der Waals surface area contributed by atoms with Crippen LogP contribution in [-0.4, -0.2) is 39.5 Å². The number of Topliss-reactive ketones (excluding diaryl/α,β-unsaturated/α-hetero) is 1. The van der Waals surface area contributed by atoms with E-state index in [0.717, 1.165) is 35.0 Å². The molecule has 194 valence electrons. The Morgan fingerprint density at radius 1 is 1.14 bits per heavy atom. The van der Waals surface area contributed by atoms with Crippen molar-refractivity contribution in [3.63, 3.8) is 0 Å². The minimum Gasteiger partial charge on any atom is -0.444 e. The summed E-state index contributed by atoms with van der Waals surface area (Å²) in [4.78, 5) is 39.2. The van der Waals surface area contributed by atoms with Gasteiger partial charge in [-0.05, 0) is 75.3 Å². The highest BCUT2D eigenvalue weighted by atomic mass is 16.6. The van der Waals surface area contributed by atoms with E-state index in [4.69, 9.17) is 9.15 Å². The molecule has 0 saturated carbocycles. The zero-order valence-corrected chi connectivity index (χ0v) is 21.8. The van der Waals surface area contributed by atoms with Gasteiger partial charge in [0.15, 0.2) is 11.4 Å². The van der Waals surface area contributed by atoms with Crippen LogP contribution in [0.2, 0.25) is 0 Å². The Hall–Kier alpha value is -3.86. The molecule has 0 spiro atoms. The van der Waals surface area contributed by atoms with Crippen LogP contribution in [0, 0.1) is 17.2 Å². The van der Waals surface area contributed by atoms with Crippen molar-refractivity contribution in [2.45, 2.75) is 64.5 Å². The van der Waals surface area contributed by atoms with Crippen molar-refractivity contribution in [1.29, 1.82) is 5.26 Å². The van der Waals surface area contributed by atoms with Gasteiger partial charge in [-0.3, -0.25) is 14.3 Å². The van der Waals surface area contributed by atoms with E-state index in [1.165, 1.54) is 9.47 Å².